The number of rotatable bonds is 6. The molecular formula is C15H22N4O. The molecule has 0 aliphatic carbocycles. The maximum atomic E-state index is 5.62. The van der Waals surface area contributed by atoms with E-state index in [1.54, 1.807) is 6.20 Å². The first-order valence-corrected chi connectivity index (χ1v) is 6.96. The number of hydrogen-bond donors (Lipinski definition) is 1. The summed E-state index contributed by atoms with van der Waals surface area (Å²) in [6.07, 6.45) is 4.48. The van der Waals surface area contributed by atoms with Gasteiger partial charge in [-0.3, -0.25) is 4.98 Å². The van der Waals surface area contributed by atoms with E-state index >= 15 is 0 Å². The van der Waals surface area contributed by atoms with Gasteiger partial charge in [0.25, 0.3) is 0 Å². The fraction of sp³-hybridized carbons (Fsp3) is 0.533. The number of hydrogen-bond acceptors (Lipinski definition) is 5. The Labute approximate surface area is 119 Å². The predicted molar refractivity (Wildman–Crippen MR) is 78.0 cm³/mol. The fourth-order valence-corrected chi connectivity index (χ4v) is 2.13. The first-order valence-electron chi connectivity index (χ1n) is 6.96. The highest BCUT2D eigenvalue weighted by atomic mass is 16.5. The van der Waals surface area contributed by atoms with Gasteiger partial charge in [-0.2, -0.15) is 4.98 Å². The Morgan fingerprint density at radius 1 is 1.30 bits per heavy atom. The largest absolute Gasteiger partial charge is 0.339 e. The highest BCUT2D eigenvalue weighted by Gasteiger charge is 2.19. The highest BCUT2D eigenvalue weighted by Crippen LogP contribution is 2.26. The van der Waals surface area contributed by atoms with Crippen molar-refractivity contribution in [1.29, 1.82) is 0 Å². The van der Waals surface area contributed by atoms with Gasteiger partial charge in [-0.05, 0) is 43.4 Å². The lowest BCUT2D eigenvalue weighted by Crippen LogP contribution is -2.17. The van der Waals surface area contributed by atoms with Crippen molar-refractivity contribution in [2.24, 2.45) is 11.1 Å². The molecule has 0 atom stereocenters. The maximum absolute atomic E-state index is 5.62. The lowest BCUT2D eigenvalue weighted by molar-refractivity contribution is 0.289. The Morgan fingerprint density at radius 3 is 2.80 bits per heavy atom. The van der Waals surface area contributed by atoms with Gasteiger partial charge in [-0.1, -0.05) is 25.1 Å². The van der Waals surface area contributed by atoms with Gasteiger partial charge in [-0.25, -0.2) is 0 Å². The number of pyridine rings is 1. The predicted octanol–water partition coefficient (Wildman–Crippen LogP) is 2.75. The fourth-order valence-electron chi connectivity index (χ4n) is 2.13. The molecule has 0 amide bonds. The van der Waals surface area contributed by atoms with Gasteiger partial charge < -0.3 is 10.3 Å². The third-order valence-corrected chi connectivity index (χ3v) is 3.53. The first-order chi connectivity index (χ1) is 9.52. The van der Waals surface area contributed by atoms with Crippen molar-refractivity contribution in [3.05, 3.63) is 29.8 Å². The molecule has 0 bridgehead atoms. The Morgan fingerprint density at radius 2 is 2.10 bits per heavy atom. The minimum Gasteiger partial charge on any atom is -0.339 e. The number of aryl methyl sites for hydroxylation is 2. The van der Waals surface area contributed by atoms with Gasteiger partial charge in [0.15, 0.2) is 0 Å². The molecule has 0 aromatic carbocycles. The molecule has 0 aliphatic rings. The second-order valence-corrected chi connectivity index (χ2v) is 5.88. The summed E-state index contributed by atoms with van der Waals surface area (Å²) >= 11 is 0. The molecule has 0 radical (unpaired) electrons. The second kappa shape index (κ2) is 6.13. The summed E-state index contributed by atoms with van der Waals surface area (Å²) in [6.45, 7) is 7.11. The summed E-state index contributed by atoms with van der Waals surface area (Å²) in [7, 11) is 0. The minimum atomic E-state index is 0.199. The Bertz CT molecular complexity index is 563. The van der Waals surface area contributed by atoms with E-state index in [4.69, 9.17) is 10.3 Å². The zero-order chi connectivity index (χ0) is 14.6. The standard InChI is InChI=1S/C15H22N4O/c1-11-5-4-10-17-13(11)14-18-12(20-19-14)6-7-15(2,3)8-9-16/h4-5,10H,6-9,16H2,1-3H3. The molecule has 108 valence electrons. The van der Waals surface area contributed by atoms with Crippen molar-refractivity contribution in [2.45, 2.75) is 40.0 Å². The van der Waals surface area contributed by atoms with E-state index in [-0.39, 0.29) is 5.41 Å². The molecule has 0 spiro atoms. The summed E-state index contributed by atoms with van der Waals surface area (Å²) in [5.41, 5.74) is 7.65. The summed E-state index contributed by atoms with van der Waals surface area (Å²) < 4.78 is 5.32. The third kappa shape index (κ3) is 3.63. The molecule has 2 heterocycles. The molecule has 0 saturated carbocycles. The van der Waals surface area contributed by atoms with E-state index in [2.05, 4.69) is 29.0 Å². The van der Waals surface area contributed by atoms with Crippen LogP contribution in [0.5, 0.6) is 0 Å². The molecule has 5 nitrogen and oxygen atoms in total. The monoisotopic (exact) mass is 274 g/mol. The Balaban J connectivity index is 2.05. The van der Waals surface area contributed by atoms with E-state index in [1.807, 2.05) is 19.1 Å². The SMILES string of the molecule is Cc1cccnc1-c1noc(CCC(C)(C)CCN)n1. The van der Waals surface area contributed by atoms with E-state index in [9.17, 15) is 0 Å². The van der Waals surface area contributed by atoms with Gasteiger partial charge in [0.1, 0.15) is 5.69 Å². The van der Waals surface area contributed by atoms with Crippen LogP contribution in [0.25, 0.3) is 11.5 Å². The molecule has 0 fully saturated rings. The minimum absolute atomic E-state index is 0.199. The average molecular weight is 274 g/mol. The molecule has 0 aliphatic heterocycles. The average Bonchev–Trinajstić information content (AvgIpc) is 2.86. The number of nitrogens with zero attached hydrogens (tertiary/aromatic N) is 3. The lowest BCUT2D eigenvalue weighted by atomic mass is 9.84. The van der Waals surface area contributed by atoms with Crippen molar-refractivity contribution in [3.63, 3.8) is 0 Å². The van der Waals surface area contributed by atoms with Crippen LogP contribution in [-0.4, -0.2) is 21.7 Å². The molecule has 2 N–H and O–H groups in total. The topological polar surface area (TPSA) is 77.8 Å². The Kier molecular flexibility index (Phi) is 4.49. The number of nitrogens with two attached hydrogens (primary N) is 1. The molecule has 5 heteroatoms. The molecular weight excluding hydrogens is 252 g/mol. The first kappa shape index (κ1) is 14.7. The van der Waals surface area contributed by atoms with Crippen molar-refractivity contribution < 1.29 is 4.52 Å². The van der Waals surface area contributed by atoms with Crippen LogP contribution in [0.2, 0.25) is 0 Å². The van der Waals surface area contributed by atoms with Gasteiger partial charge in [-0.15, -0.1) is 0 Å². The van der Waals surface area contributed by atoms with Crippen molar-refractivity contribution in [2.75, 3.05) is 6.54 Å². The highest BCUT2D eigenvalue weighted by molar-refractivity contribution is 5.52. The van der Waals surface area contributed by atoms with Crippen LogP contribution in [-0.2, 0) is 6.42 Å². The van der Waals surface area contributed by atoms with Crippen LogP contribution in [0.3, 0.4) is 0 Å². The lowest BCUT2D eigenvalue weighted by Gasteiger charge is -2.22. The molecule has 0 saturated heterocycles. The van der Waals surface area contributed by atoms with Gasteiger partial charge in [0.2, 0.25) is 11.7 Å². The molecule has 2 aromatic rings. The third-order valence-electron chi connectivity index (χ3n) is 3.53. The van der Waals surface area contributed by atoms with Gasteiger partial charge in [0.05, 0.1) is 0 Å². The summed E-state index contributed by atoms with van der Waals surface area (Å²) in [4.78, 5) is 8.73. The maximum Gasteiger partial charge on any atom is 0.227 e. The van der Waals surface area contributed by atoms with Crippen LogP contribution >= 0.6 is 0 Å². The summed E-state index contributed by atoms with van der Waals surface area (Å²) in [6, 6.07) is 3.89. The smallest absolute Gasteiger partial charge is 0.227 e. The van der Waals surface area contributed by atoms with Crippen LogP contribution in [0, 0.1) is 12.3 Å². The van der Waals surface area contributed by atoms with Crippen LogP contribution in [0.1, 0.15) is 38.1 Å². The number of aromatic nitrogens is 3. The molecule has 20 heavy (non-hydrogen) atoms. The second-order valence-electron chi connectivity index (χ2n) is 5.88. The van der Waals surface area contributed by atoms with Crippen molar-refractivity contribution in [3.8, 4) is 11.5 Å². The van der Waals surface area contributed by atoms with Crippen LogP contribution < -0.4 is 5.73 Å². The Hall–Kier alpha value is -1.75. The van der Waals surface area contributed by atoms with Crippen molar-refractivity contribution >= 4 is 0 Å². The van der Waals surface area contributed by atoms with E-state index in [0.29, 0.717) is 18.3 Å². The van der Waals surface area contributed by atoms with Crippen LogP contribution in [0.15, 0.2) is 22.9 Å². The summed E-state index contributed by atoms with van der Waals surface area (Å²) in [5, 5.41) is 4.02. The van der Waals surface area contributed by atoms with E-state index in [1.165, 1.54) is 0 Å². The zero-order valence-corrected chi connectivity index (χ0v) is 12.4. The molecule has 0 unspecified atom stereocenters. The quantitative estimate of drug-likeness (QED) is 0.876. The van der Waals surface area contributed by atoms with E-state index in [0.717, 1.165) is 30.5 Å². The van der Waals surface area contributed by atoms with Gasteiger partial charge in [0, 0.05) is 12.6 Å². The zero-order valence-electron chi connectivity index (χ0n) is 12.4. The van der Waals surface area contributed by atoms with Crippen molar-refractivity contribution in [1.82, 2.24) is 15.1 Å². The van der Waals surface area contributed by atoms with Gasteiger partial charge >= 0.3 is 0 Å². The normalized spacial score (nSPS) is 11.8. The molecule has 2 rings (SSSR count). The molecule has 2 aromatic heterocycles. The summed E-state index contributed by atoms with van der Waals surface area (Å²) in [5.74, 6) is 1.23. The van der Waals surface area contributed by atoms with Crippen LogP contribution in [0.4, 0.5) is 0 Å². The van der Waals surface area contributed by atoms with E-state index < -0.39 is 0 Å².